The van der Waals surface area contributed by atoms with Crippen molar-refractivity contribution in [1.82, 2.24) is 14.5 Å². The van der Waals surface area contributed by atoms with Crippen molar-refractivity contribution in [3.8, 4) is 5.75 Å². The Morgan fingerprint density at radius 2 is 2.19 bits per heavy atom. The van der Waals surface area contributed by atoms with E-state index < -0.39 is 5.91 Å². The molecule has 26 heavy (non-hydrogen) atoms. The van der Waals surface area contributed by atoms with Crippen molar-refractivity contribution >= 4 is 28.5 Å². The maximum absolute atomic E-state index is 11.8. The summed E-state index contributed by atoms with van der Waals surface area (Å²) in [5.74, 6) is 0.806. The summed E-state index contributed by atoms with van der Waals surface area (Å²) in [5, 5.41) is 0.495. The first kappa shape index (κ1) is 19.0. The lowest BCUT2D eigenvalue weighted by molar-refractivity contribution is 0.0997. The Morgan fingerprint density at radius 1 is 1.42 bits per heavy atom. The SMILES string of the molecule is CCc1nc2c(OC)c(C(N)=O)cc(Cl)c2n1C1CCCCN(CC)C1. The van der Waals surface area contributed by atoms with Crippen molar-refractivity contribution in [1.29, 1.82) is 0 Å². The Labute approximate surface area is 159 Å². The number of likely N-dealkylation sites (tertiary alicyclic amines) is 1. The van der Waals surface area contributed by atoms with Gasteiger partial charge in [-0.2, -0.15) is 0 Å². The highest BCUT2D eigenvalue weighted by Crippen LogP contribution is 2.38. The molecule has 7 heteroatoms. The quantitative estimate of drug-likeness (QED) is 0.865. The van der Waals surface area contributed by atoms with Crippen LogP contribution in [0.25, 0.3) is 11.0 Å². The number of carbonyl (C=O) groups is 1. The van der Waals surface area contributed by atoms with E-state index in [0.717, 1.165) is 43.8 Å². The number of ether oxygens (including phenoxy) is 1. The summed E-state index contributed by atoms with van der Waals surface area (Å²) in [7, 11) is 1.53. The molecule has 2 N–H and O–H groups in total. The summed E-state index contributed by atoms with van der Waals surface area (Å²) < 4.78 is 7.76. The number of methoxy groups -OCH3 is 1. The fourth-order valence-electron chi connectivity index (χ4n) is 3.98. The minimum absolute atomic E-state index is 0.272. The normalized spacial score (nSPS) is 18.8. The first-order valence-corrected chi connectivity index (χ1v) is 9.69. The van der Waals surface area contributed by atoms with Crippen LogP contribution in [0.15, 0.2) is 6.07 Å². The number of hydrogen-bond acceptors (Lipinski definition) is 4. The molecule has 1 aromatic carbocycles. The van der Waals surface area contributed by atoms with Crippen LogP contribution in [0.1, 0.15) is 55.3 Å². The predicted molar refractivity (Wildman–Crippen MR) is 104 cm³/mol. The number of likely N-dealkylation sites (N-methyl/N-ethyl adjacent to an activating group) is 1. The fourth-order valence-corrected chi connectivity index (χ4v) is 4.27. The van der Waals surface area contributed by atoms with E-state index in [2.05, 4.69) is 23.3 Å². The lowest BCUT2D eigenvalue weighted by Gasteiger charge is -2.26. The Hall–Kier alpha value is -1.79. The Bertz CT molecular complexity index is 818. The van der Waals surface area contributed by atoms with E-state index in [1.165, 1.54) is 20.0 Å². The molecule has 1 unspecified atom stereocenters. The van der Waals surface area contributed by atoms with Gasteiger partial charge >= 0.3 is 0 Å². The summed E-state index contributed by atoms with van der Waals surface area (Å²) in [4.78, 5) is 19.1. The van der Waals surface area contributed by atoms with Crippen LogP contribution in [-0.4, -0.2) is 47.1 Å². The number of hydrogen-bond donors (Lipinski definition) is 1. The molecule has 0 aliphatic carbocycles. The van der Waals surface area contributed by atoms with Gasteiger partial charge < -0.3 is 19.9 Å². The van der Waals surface area contributed by atoms with E-state index >= 15 is 0 Å². The van der Waals surface area contributed by atoms with E-state index in [1.54, 1.807) is 6.07 Å². The largest absolute Gasteiger partial charge is 0.494 e. The number of nitrogens with two attached hydrogens (primary N) is 1. The maximum Gasteiger partial charge on any atom is 0.252 e. The van der Waals surface area contributed by atoms with Crippen LogP contribution in [0.3, 0.4) is 0 Å². The summed E-state index contributed by atoms with van der Waals surface area (Å²) in [6, 6.07) is 1.91. The van der Waals surface area contributed by atoms with Crippen molar-refractivity contribution in [2.75, 3.05) is 26.7 Å². The number of halogens is 1. The van der Waals surface area contributed by atoms with Crippen molar-refractivity contribution in [2.24, 2.45) is 5.73 Å². The molecule has 1 aliphatic heterocycles. The number of rotatable bonds is 5. The molecule has 2 aromatic rings. The highest BCUT2D eigenvalue weighted by Gasteiger charge is 2.27. The maximum atomic E-state index is 11.8. The lowest BCUT2D eigenvalue weighted by atomic mass is 10.1. The van der Waals surface area contributed by atoms with Gasteiger partial charge in [0.15, 0.2) is 5.75 Å². The van der Waals surface area contributed by atoms with E-state index in [1.807, 2.05) is 0 Å². The Morgan fingerprint density at radius 3 is 2.81 bits per heavy atom. The molecule has 1 aliphatic rings. The molecule has 1 saturated heterocycles. The van der Waals surface area contributed by atoms with Gasteiger partial charge in [-0.1, -0.05) is 31.9 Å². The lowest BCUT2D eigenvalue weighted by Crippen LogP contribution is -2.30. The molecule has 0 radical (unpaired) electrons. The van der Waals surface area contributed by atoms with Gasteiger partial charge in [0, 0.05) is 19.0 Å². The molecule has 3 rings (SSSR count). The Kier molecular flexibility index (Phi) is 5.73. The summed E-state index contributed by atoms with van der Waals surface area (Å²) in [6.45, 7) is 7.42. The third-order valence-corrected chi connectivity index (χ3v) is 5.56. The highest BCUT2D eigenvalue weighted by molar-refractivity contribution is 6.36. The number of carbonyl (C=O) groups excluding carboxylic acids is 1. The molecule has 1 atom stereocenters. The zero-order chi connectivity index (χ0) is 18.8. The summed E-state index contributed by atoms with van der Waals surface area (Å²) in [6.07, 6.45) is 4.26. The molecule has 1 amide bonds. The first-order valence-electron chi connectivity index (χ1n) is 9.31. The van der Waals surface area contributed by atoms with Gasteiger partial charge in [-0.3, -0.25) is 4.79 Å². The van der Waals surface area contributed by atoms with Gasteiger partial charge in [0.2, 0.25) is 0 Å². The van der Waals surface area contributed by atoms with Crippen molar-refractivity contribution in [3.63, 3.8) is 0 Å². The molecule has 142 valence electrons. The number of primary amides is 1. The van der Waals surface area contributed by atoms with Crippen LogP contribution in [0.2, 0.25) is 5.02 Å². The average molecular weight is 379 g/mol. The third kappa shape index (κ3) is 3.28. The smallest absolute Gasteiger partial charge is 0.252 e. The minimum atomic E-state index is -0.565. The van der Waals surface area contributed by atoms with E-state index in [9.17, 15) is 4.79 Å². The van der Waals surface area contributed by atoms with Gasteiger partial charge in [-0.15, -0.1) is 0 Å². The summed E-state index contributed by atoms with van der Waals surface area (Å²) in [5.41, 5.74) is 7.24. The topological polar surface area (TPSA) is 73.4 Å². The Balaban J connectivity index is 2.23. The van der Waals surface area contributed by atoms with Crippen LogP contribution < -0.4 is 10.5 Å². The van der Waals surface area contributed by atoms with Gasteiger partial charge in [0.25, 0.3) is 5.91 Å². The zero-order valence-corrected chi connectivity index (χ0v) is 16.5. The molecule has 6 nitrogen and oxygen atoms in total. The van der Waals surface area contributed by atoms with Crippen molar-refractivity contribution in [3.05, 3.63) is 22.5 Å². The fraction of sp³-hybridized carbons (Fsp3) is 0.579. The molecular weight excluding hydrogens is 352 g/mol. The highest BCUT2D eigenvalue weighted by atomic mass is 35.5. The standard InChI is InChI=1S/C19H27ClN4O2/c1-4-15-22-16-17(14(20)10-13(19(21)25)18(16)26-3)24(15)12-8-6-7-9-23(5-2)11-12/h10,12H,4-9,11H2,1-3H3,(H2,21,25). The van der Waals surface area contributed by atoms with E-state index in [-0.39, 0.29) is 5.56 Å². The second-order valence-corrected chi connectivity index (χ2v) is 7.20. The number of aryl methyl sites for hydroxylation is 1. The number of nitrogens with zero attached hydrogens (tertiary/aromatic N) is 3. The van der Waals surface area contributed by atoms with Crippen LogP contribution in [0, 0.1) is 0 Å². The number of aromatic nitrogens is 2. The second-order valence-electron chi connectivity index (χ2n) is 6.80. The number of benzene rings is 1. The zero-order valence-electron chi connectivity index (χ0n) is 15.7. The summed E-state index contributed by atoms with van der Waals surface area (Å²) >= 11 is 6.60. The molecule has 1 aromatic heterocycles. The van der Waals surface area contributed by atoms with Crippen molar-refractivity contribution in [2.45, 2.75) is 45.6 Å². The van der Waals surface area contributed by atoms with Crippen LogP contribution in [0.4, 0.5) is 0 Å². The molecule has 1 fully saturated rings. The van der Waals surface area contributed by atoms with Crippen LogP contribution in [-0.2, 0) is 6.42 Å². The molecule has 0 spiro atoms. The molecular formula is C19H27ClN4O2. The van der Waals surface area contributed by atoms with E-state index in [4.69, 9.17) is 27.1 Å². The number of amides is 1. The predicted octanol–water partition coefficient (Wildman–Crippen LogP) is 3.41. The second kappa shape index (κ2) is 7.84. The van der Waals surface area contributed by atoms with Gasteiger partial charge in [-0.05, 0) is 32.0 Å². The van der Waals surface area contributed by atoms with Gasteiger partial charge in [0.05, 0.1) is 23.2 Å². The van der Waals surface area contributed by atoms with E-state index in [0.29, 0.717) is 22.3 Å². The molecule has 0 bridgehead atoms. The van der Waals surface area contributed by atoms with Gasteiger partial charge in [0.1, 0.15) is 11.3 Å². The molecule has 2 heterocycles. The number of imidazole rings is 1. The van der Waals surface area contributed by atoms with Crippen LogP contribution >= 0.6 is 11.6 Å². The number of fused-ring (bicyclic) bond motifs is 1. The average Bonchev–Trinajstić information content (AvgIpc) is 2.86. The monoisotopic (exact) mass is 378 g/mol. The van der Waals surface area contributed by atoms with Gasteiger partial charge in [-0.25, -0.2) is 4.98 Å². The molecule has 0 saturated carbocycles. The van der Waals surface area contributed by atoms with Crippen molar-refractivity contribution < 1.29 is 9.53 Å². The minimum Gasteiger partial charge on any atom is -0.494 e. The third-order valence-electron chi connectivity index (χ3n) is 5.27. The first-order chi connectivity index (χ1) is 12.5. The van der Waals surface area contributed by atoms with Crippen LogP contribution in [0.5, 0.6) is 5.75 Å².